The number of benzene rings is 2. The van der Waals surface area contributed by atoms with Gasteiger partial charge in [0.25, 0.3) is 0 Å². The molecule has 1 N–H and O–H groups in total. The highest BCUT2D eigenvalue weighted by Crippen LogP contribution is 2.35. The zero-order valence-corrected chi connectivity index (χ0v) is 13.7. The van der Waals surface area contributed by atoms with Gasteiger partial charge >= 0.3 is 0 Å². The summed E-state index contributed by atoms with van der Waals surface area (Å²) >= 11 is 0. The molecule has 0 saturated heterocycles. The Morgan fingerprint density at radius 3 is 2.32 bits per heavy atom. The van der Waals surface area contributed by atoms with Crippen molar-refractivity contribution in [2.45, 2.75) is 19.9 Å². The Labute approximate surface area is 136 Å². The summed E-state index contributed by atoms with van der Waals surface area (Å²) in [6.45, 7) is 4.30. The number of ether oxygens (including phenoxy) is 1. The molecule has 1 aromatic heterocycles. The molecule has 2 aromatic carbocycles. The van der Waals surface area contributed by atoms with Gasteiger partial charge in [-0.2, -0.15) is 0 Å². The molecule has 0 unspecified atom stereocenters. The Balaban J connectivity index is 0.00000176. The third-order valence-corrected chi connectivity index (χ3v) is 3.76. The summed E-state index contributed by atoms with van der Waals surface area (Å²) in [6.07, 6.45) is 0. The Morgan fingerprint density at radius 2 is 1.73 bits per heavy atom. The average molecular weight is 318 g/mol. The van der Waals surface area contributed by atoms with Crippen LogP contribution in [0.25, 0.3) is 22.2 Å². The van der Waals surface area contributed by atoms with E-state index >= 15 is 0 Å². The Kier molecular flexibility index (Phi) is 4.67. The molecular weight excluding hydrogens is 298 g/mol. The maximum Gasteiger partial charge on any atom is 0.124 e. The molecule has 1 heterocycles. The number of aromatic hydroxyl groups is 1. The first-order valence-corrected chi connectivity index (χ1v) is 7.09. The molecule has 0 atom stereocenters. The van der Waals surface area contributed by atoms with Crippen LogP contribution in [0.5, 0.6) is 11.5 Å². The van der Waals surface area contributed by atoms with E-state index in [0.717, 1.165) is 27.9 Å². The number of hydrogen-bond donors (Lipinski definition) is 1. The summed E-state index contributed by atoms with van der Waals surface area (Å²) in [5.41, 5.74) is 3.26. The minimum Gasteiger partial charge on any atom is -0.507 e. The normalized spacial score (nSPS) is 10.7. The molecular formula is C18H20ClNO2. The van der Waals surface area contributed by atoms with E-state index < -0.39 is 0 Å². The minimum absolute atomic E-state index is 0. The van der Waals surface area contributed by atoms with Gasteiger partial charge in [0, 0.05) is 17.1 Å². The number of nitrogens with zero attached hydrogens (tertiary/aromatic N) is 1. The average Bonchev–Trinajstić information content (AvgIpc) is 2.88. The van der Waals surface area contributed by atoms with E-state index in [0.29, 0.717) is 11.8 Å². The van der Waals surface area contributed by atoms with E-state index in [4.69, 9.17) is 4.74 Å². The molecule has 3 aromatic rings. The monoisotopic (exact) mass is 317 g/mol. The van der Waals surface area contributed by atoms with Gasteiger partial charge in [-0.1, -0.05) is 6.07 Å². The van der Waals surface area contributed by atoms with Crippen molar-refractivity contribution in [1.82, 2.24) is 4.57 Å². The van der Waals surface area contributed by atoms with Gasteiger partial charge in [-0.15, -0.1) is 12.4 Å². The standard InChI is InChI=1S/C18H19NO2.ClH/c1-12(2)19-16-5-4-6-18(20)15(16)11-17(19)13-7-9-14(21-3)10-8-13;/h4-12,20H,1-3H3;1H. The molecule has 4 heteroatoms. The zero-order chi connectivity index (χ0) is 15.0. The van der Waals surface area contributed by atoms with Gasteiger partial charge in [-0.05, 0) is 61.9 Å². The molecule has 0 saturated carbocycles. The first-order chi connectivity index (χ1) is 10.1. The predicted octanol–water partition coefficient (Wildman–Crippen LogP) is 5.03. The Morgan fingerprint density at radius 1 is 1.05 bits per heavy atom. The van der Waals surface area contributed by atoms with Crippen molar-refractivity contribution in [1.29, 1.82) is 0 Å². The molecule has 0 radical (unpaired) electrons. The Hall–Kier alpha value is -2.13. The third-order valence-electron chi connectivity index (χ3n) is 3.76. The molecule has 0 aliphatic carbocycles. The van der Waals surface area contributed by atoms with E-state index in [2.05, 4.69) is 18.4 Å². The lowest BCUT2D eigenvalue weighted by molar-refractivity contribution is 0.415. The summed E-state index contributed by atoms with van der Waals surface area (Å²) in [7, 11) is 1.66. The van der Waals surface area contributed by atoms with Crippen molar-refractivity contribution in [3.63, 3.8) is 0 Å². The number of phenols is 1. The van der Waals surface area contributed by atoms with Gasteiger partial charge in [0.1, 0.15) is 11.5 Å². The maximum atomic E-state index is 10.1. The second kappa shape index (κ2) is 6.32. The van der Waals surface area contributed by atoms with Crippen LogP contribution in [0.15, 0.2) is 48.5 Å². The number of halogens is 1. The van der Waals surface area contributed by atoms with Gasteiger partial charge in [0.2, 0.25) is 0 Å². The number of fused-ring (bicyclic) bond motifs is 1. The fraction of sp³-hybridized carbons (Fsp3) is 0.222. The molecule has 0 amide bonds. The predicted molar refractivity (Wildman–Crippen MR) is 93.2 cm³/mol. The molecule has 0 aliphatic heterocycles. The van der Waals surface area contributed by atoms with Crippen LogP contribution < -0.4 is 4.74 Å². The summed E-state index contributed by atoms with van der Waals surface area (Å²) < 4.78 is 7.46. The number of phenolic OH excluding ortho intramolecular Hbond substituents is 1. The van der Waals surface area contributed by atoms with Crippen LogP contribution in [0.2, 0.25) is 0 Å². The highest BCUT2D eigenvalue weighted by Gasteiger charge is 2.15. The quantitative estimate of drug-likeness (QED) is 0.735. The Bertz CT molecular complexity index is 776. The number of hydrogen-bond acceptors (Lipinski definition) is 2. The van der Waals surface area contributed by atoms with Crippen molar-refractivity contribution < 1.29 is 9.84 Å². The maximum absolute atomic E-state index is 10.1. The fourth-order valence-corrected chi connectivity index (χ4v) is 2.78. The van der Waals surface area contributed by atoms with Gasteiger partial charge < -0.3 is 14.4 Å². The van der Waals surface area contributed by atoms with E-state index in [1.165, 1.54) is 0 Å². The second-order valence-corrected chi connectivity index (χ2v) is 5.43. The van der Waals surface area contributed by atoms with Gasteiger partial charge in [-0.3, -0.25) is 0 Å². The lowest BCUT2D eigenvalue weighted by Crippen LogP contribution is -2.02. The first kappa shape index (κ1) is 16.2. The van der Waals surface area contributed by atoms with Crippen molar-refractivity contribution in [3.05, 3.63) is 48.5 Å². The van der Waals surface area contributed by atoms with Crippen LogP contribution >= 0.6 is 12.4 Å². The molecule has 0 bridgehead atoms. The van der Waals surface area contributed by atoms with Crippen molar-refractivity contribution >= 4 is 23.3 Å². The molecule has 3 nitrogen and oxygen atoms in total. The fourth-order valence-electron chi connectivity index (χ4n) is 2.78. The minimum atomic E-state index is 0. The van der Waals surface area contributed by atoms with E-state index in [1.807, 2.05) is 42.5 Å². The molecule has 116 valence electrons. The molecule has 3 rings (SSSR count). The largest absolute Gasteiger partial charge is 0.507 e. The van der Waals surface area contributed by atoms with Gasteiger partial charge in [0.15, 0.2) is 0 Å². The smallest absolute Gasteiger partial charge is 0.124 e. The lowest BCUT2D eigenvalue weighted by Gasteiger charge is -2.15. The number of rotatable bonds is 3. The third kappa shape index (κ3) is 2.64. The highest BCUT2D eigenvalue weighted by molar-refractivity contribution is 5.91. The van der Waals surface area contributed by atoms with Crippen LogP contribution in [0.3, 0.4) is 0 Å². The van der Waals surface area contributed by atoms with E-state index in [1.54, 1.807) is 13.2 Å². The highest BCUT2D eigenvalue weighted by atomic mass is 35.5. The summed E-state index contributed by atoms with van der Waals surface area (Å²) in [6, 6.07) is 16.0. The second-order valence-electron chi connectivity index (χ2n) is 5.43. The molecule has 22 heavy (non-hydrogen) atoms. The summed E-state index contributed by atoms with van der Waals surface area (Å²) in [5, 5.41) is 11.0. The van der Waals surface area contributed by atoms with Crippen molar-refractivity contribution in [3.8, 4) is 22.8 Å². The molecule has 0 fully saturated rings. The lowest BCUT2D eigenvalue weighted by atomic mass is 10.1. The first-order valence-electron chi connectivity index (χ1n) is 7.09. The van der Waals surface area contributed by atoms with Crippen molar-refractivity contribution in [2.24, 2.45) is 0 Å². The van der Waals surface area contributed by atoms with Crippen LogP contribution in [0.4, 0.5) is 0 Å². The van der Waals surface area contributed by atoms with Gasteiger partial charge in [0.05, 0.1) is 12.6 Å². The number of methoxy groups -OCH3 is 1. The van der Waals surface area contributed by atoms with Crippen LogP contribution in [-0.2, 0) is 0 Å². The van der Waals surface area contributed by atoms with E-state index in [-0.39, 0.29) is 12.4 Å². The van der Waals surface area contributed by atoms with Crippen LogP contribution in [-0.4, -0.2) is 16.8 Å². The topological polar surface area (TPSA) is 34.4 Å². The van der Waals surface area contributed by atoms with Crippen molar-refractivity contribution in [2.75, 3.05) is 7.11 Å². The number of aromatic nitrogens is 1. The van der Waals surface area contributed by atoms with E-state index in [9.17, 15) is 5.11 Å². The zero-order valence-electron chi connectivity index (χ0n) is 12.9. The van der Waals surface area contributed by atoms with Crippen LogP contribution in [0.1, 0.15) is 19.9 Å². The molecule has 0 aliphatic rings. The summed E-state index contributed by atoms with van der Waals surface area (Å²) in [5.74, 6) is 1.16. The van der Waals surface area contributed by atoms with Crippen LogP contribution in [0, 0.1) is 0 Å². The van der Waals surface area contributed by atoms with Gasteiger partial charge in [-0.25, -0.2) is 0 Å². The summed E-state index contributed by atoms with van der Waals surface area (Å²) in [4.78, 5) is 0. The molecule has 0 spiro atoms. The SMILES string of the molecule is COc1ccc(-c2cc3c(O)cccc3n2C(C)C)cc1.Cl.